The Morgan fingerprint density at radius 1 is 1.15 bits per heavy atom. The summed E-state index contributed by atoms with van der Waals surface area (Å²) in [6.45, 7) is 6.72. The van der Waals surface area contributed by atoms with E-state index >= 15 is 0 Å². The predicted octanol–water partition coefficient (Wildman–Crippen LogP) is 6.05. The Morgan fingerprint density at radius 3 is 2.76 bits per heavy atom. The minimum absolute atomic E-state index is 0.134. The Bertz CT molecular complexity index is 1450. The summed E-state index contributed by atoms with van der Waals surface area (Å²) in [5, 5.41) is 11.8. The molecule has 0 unspecified atom stereocenters. The van der Waals surface area contributed by atoms with Gasteiger partial charge >= 0.3 is 6.09 Å². The summed E-state index contributed by atoms with van der Waals surface area (Å²) in [6, 6.07) is 13.5. The van der Waals surface area contributed by atoms with E-state index < -0.39 is 5.60 Å². The fraction of sp³-hybridized carbons (Fsp3) is 0.333. The minimum atomic E-state index is -0.537. The van der Waals surface area contributed by atoms with Gasteiger partial charge in [0.2, 0.25) is 0 Å². The van der Waals surface area contributed by atoms with E-state index in [1.54, 1.807) is 17.0 Å². The highest BCUT2D eigenvalue weighted by atomic mass is 16.6. The molecule has 2 aliphatic rings. The SMILES string of the molecule is CC(C)(C)OC(=O)N1CCC[C@H]1c1nc2c(ccc3c4c(ccc32)-c2ccc(O)cc2CO4)[nH]1. The van der Waals surface area contributed by atoms with Gasteiger partial charge in [-0.1, -0.05) is 12.1 Å². The molecule has 7 heteroatoms. The molecule has 0 bridgehead atoms. The maximum Gasteiger partial charge on any atom is 0.410 e. The van der Waals surface area contributed by atoms with Crippen LogP contribution in [0, 0.1) is 0 Å². The third kappa shape index (κ3) is 3.34. The number of likely N-dealkylation sites (tertiary alicyclic amines) is 1. The summed E-state index contributed by atoms with van der Waals surface area (Å²) < 4.78 is 11.8. The molecule has 1 amide bonds. The number of H-pyrrole nitrogens is 1. The molecular weight excluding hydrogens is 430 g/mol. The van der Waals surface area contributed by atoms with Gasteiger partial charge in [-0.3, -0.25) is 4.90 Å². The molecule has 0 spiro atoms. The maximum absolute atomic E-state index is 12.8. The van der Waals surface area contributed by atoms with Crippen LogP contribution in [-0.4, -0.2) is 38.2 Å². The summed E-state index contributed by atoms with van der Waals surface area (Å²) in [7, 11) is 0. The standard InChI is InChI=1S/C27H27N3O4/c1-27(2,3)34-26(32)30-12-4-5-22(30)25-28-21-11-10-20-18(23(21)29-25)8-9-19-17-7-6-16(31)13-15(17)14-33-24(19)20/h6-11,13,22,31H,4-5,12,14H2,1-3H3,(H,28,29)/t22-/m0/s1. The first-order valence-electron chi connectivity index (χ1n) is 11.7. The Morgan fingerprint density at radius 2 is 1.94 bits per heavy atom. The number of ether oxygens (including phenoxy) is 2. The molecule has 2 aliphatic heterocycles. The van der Waals surface area contributed by atoms with Crippen LogP contribution < -0.4 is 4.74 Å². The van der Waals surface area contributed by atoms with Crippen LogP contribution >= 0.6 is 0 Å². The monoisotopic (exact) mass is 457 g/mol. The Kier molecular flexibility index (Phi) is 4.52. The van der Waals surface area contributed by atoms with Crippen LogP contribution in [-0.2, 0) is 11.3 Å². The number of benzene rings is 3. The van der Waals surface area contributed by atoms with Crippen LogP contribution in [0.4, 0.5) is 4.79 Å². The zero-order valence-electron chi connectivity index (χ0n) is 19.5. The molecule has 3 heterocycles. The molecule has 2 N–H and O–H groups in total. The Labute approximate surface area is 197 Å². The summed E-state index contributed by atoms with van der Waals surface area (Å²) in [5.41, 5.74) is 4.31. The van der Waals surface area contributed by atoms with Crippen molar-refractivity contribution in [3.63, 3.8) is 0 Å². The van der Waals surface area contributed by atoms with Gasteiger partial charge in [0.05, 0.1) is 17.1 Å². The molecule has 3 aromatic carbocycles. The molecule has 4 aromatic rings. The number of hydrogen-bond donors (Lipinski definition) is 2. The third-order valence-electron chi connectivity index (χ3n) is 6.57. The molecule has 34 heavy (non-hydrogen) atoms. The number of carbonyl (C=O) groups excluding carboxylic acids is 1. The van der Waals surface area contributed by atoms with Crippen molar-refractivity contribution < 1.29 is 19.4 Å². The molecule has 0 aliphatic carbocycles. The second kappa shape index (κ2) is 7.38. The lowest BCUT2D eigenvalue weighted by Gasteiger charge is -2.27. The zero-order valence-corrected chi connectivity index (χ0v) is 19.5. The molecule has 1 aromatic heterocycles. The first-order valence-corrected chi connectivity index (χ1v) is 11.7. The smallest absolute Gasteiger partial charge is 0.410 e. The molecule has 174 valence electrons. The van der Waals surface area contributed by atoms with E-state index in [1.165, 1.54) is 0 Å². The van der Waals surface area contributed by atoms with Gasteiger partial charge in [0.15, 0.2) is 0 Å². The quantitative estimate of drug-likeness (QED) is 0.363. The number of aromatic amines is 1. The second-order valence-corrected chi connectivity index (χ2v) is 10.1. The lowest BCUT2D eigenvalue weighted by Crippen LogP contribution is -2.36. The number of aromatic nitrogens is 2. The minimum Gasteiger partial charge on any atom is -0.508 e. The molecule has 1 atom stereocenters. The zero-order chi connectivity index (χ0) is 23.6. The van der Waals surface area contributed by atoms with Crippen LogP contribution in [0.5, 0.6) is 11.5 Å². The second-order valence-electron chi connectivity index (χ2n) is 10.1. The van der Waals surface area contributed by atoms with Crippen LogP contribution in [0.25, 0.3) is 32.9 Å². The molecule has 1 fully saturated rings. The molecule has 7 nitrogen and oxygen atoms in total. The average Bonchev–Trinajstić information content (AvgIpc) is 3.44. The largest absolute Gasteiger partial charge is 0.508 e. The summed E-state index contributed by atoms with van der Waals surface area (Å²) in [6.07, 6.45) is 1.46. The van der Waals surface area contributed by atoms with Crippen molar-refractivity contribution in [3.8, 4) is 22.6 Å². The first-order chi connectivity index (χ1) is 16.3. The summed E-state index contributed by atoms with van der Waals surface area (Å²) in [4.78, 5) is 23.0. The van der Waals surface area contributed by atoms with Crippen molar-refractivity contribution in [3.05, 3.63) is 53.9 Å². The number of phenols is 1. The predicted molar refractivity (Wildman–Crippen MR) is 130 cm³/mol. The molecular formula is C27H27N3O4. The first kappa shape index (κ1) is 20.8. The molecule has 0 saturated carbocycles. The maximum atomic E-state index is 12.8. The van der Waals surface area contributed by atoms with E-state index in [0.717, 1.165) is 62.9 Å². The van der Waals surface area contributed by atoms with Crippen molar-refractivity contribution in [2.75, 3.05) is 6.54 Å². The number of hydrogen-bond acceptors (Lipinski definition) is 5. The van der Waals surface area contributed by atoms with Gasteiger partial charge in [0, 0.05) is 28.4 Å². The van der Waals surface area contributed by atoms with E-state index in [-0.39, 0.29) is 17.9 Å². The summed E-state index contributed by atoms with van der Waals surface area (Å²) in [5.74, 6) is 1.85. The number of rotatable bonds is 1. The van der Waals surface area contributed by atoms with E-state index in [2.05, 4.69) is 23.2 Å². The van der Waals surface area contributed by atoms with Crippen molar-refractivity contribution in [2.24, 2.45) is 0 Å². The van der Waals surface area contributed by atoms with E-state index in [9.17, 15) is 9.90 Å². The molecule has 0 radical (unpaired) electrons. The third-order valence-corrected chi connectivity index (χ3v) is 6.57. The highest BCUT2D eigenvalue weighted by Gasteiger charge is 2.35. The van der Waals surface area contributed by atoms with Gasteiger partial charge in [-0.15, -0.1) is 0 Å². The van der Waals surface area contributed by atoms with Crippen molar-refractivity contribution in [1.29, 1.82) is 0 Å². The fourth-order valence-electron chi connectivity index (χ4n) is 5.10. The van der Waals surface area contributed by atoms with Gasteiger partial charge in [0.1, 0.15) is 29.5 Å². The van der Waals surface area contributed by atoms with Crippen LogP contribution in [0.15, 0.2) is 42.5 Å². The highest BCUT2D eigenvalue weighted by molar-refractivity contribution is 6.09. The normalized spacial score (nSPS) is 17.5. The highest BCUT2D eigenvalue weighted by Crippen LogP contribution is 2.44. The van der Waals surface area contributed by atoms with Gasteiger partial charge in [-0.05, 0) is 69.5 Å². The lowest BCUT2D eigenvalue weighted by molar-refractivity contribution is 0.0219. The van der Waals surface area contributed by atoms with Crippen molar-refractivity contribution in [2.45, 2.75) is 51.9 Å². The number of phenolic OH excluding ortho intramolecular Hbond substituents is 1. The van der Waals surface area contributed by atoms with Crippen LogP contribution in [0.2, 0.25) is 0 Å². The van der Waals surface area contributed by atoms with Crippen LogP contribution in [0.1, 0.15) is 51.0 Å². The topological polar surface area (TPSA) is 87.7 Å². The number of nitrogens with one attached hydrogen (secondary N) is 1. The van der Waals surface area contributed by atoms with E-state index in [0.29, 0.717) is 13.2 Å². The number of amides is 1. The van der Waals surface area contributed by atoms with Crippen LogP contribution in [0.3, 0.4) is 0 Å². The lowest BCUT2D eigenvalue weighted by atomic mass is 9.93. The molecule has 1 saturated heterocycles. The van der Waals surface area contributed by atoms with E-state index in [1.807, 2.05) is 32.9 Å². The van der Waals surface area contributed by atoms with Gasteiger partial charge in [-0.25, -0.2) is 9.78 Å². The van der Waals surface area contributed by atoms with Gasteiger partial charge < -0.3 is 19.6 Å². The van der Waals surface area contributed by atoms with E-state index in [4.69, 9.17) is 14.5 Å². The number of carbonyl (C=O) groups is 1. The Balaban J connectivity index is 1.41. The Hall–Kier alpha value is -3.74. The number of aromatic hydroxyl groups is 1. The fourth-order valence-corrected chi connectivity index (χ4v) is 5.10. The van der Waals surface area contributed by atoms with Crippen molar-refractivity contribution >= 4 is 27.9 Å². The summed E-state index contributed by atoms with van der Waals surface area (Å²) >= 11 is 0. The van der Waals surface area contributed by atoms with Gasteiger partial charge in [-0.2, -0.15) is 0 Å². The number of fused-ring (bicyclic) bond motifs is 7. The van der Waals surface area contributed by atoms with Gasteiger partial charge in [0.25, 0.3) is 0 Å². The number of imidazole rings is 1. The van der Waals surface area contributed by atoms with Crippen molar-refractivity contribution in [1.82, 2.24) is 14.9 Å². The number of nitrogens with zero attached hydrogens (tertiary/aromatic N) is 2. The average molecular weight is 458 g/mol. The molecule has 6 rings (SSSR count).